The number of aliphatic hydroxyl groups is 1. The zero-order valence-corrected chi connectivity index (χ0v) is 9.89. The molecule has 1 aliphatic rings. The van der Waals surface area contributed by atoms with Crippen LogP contribution in [-0.4, -0.2) is 39.6 Å². The van der Waals surface area contributed by atoms with Crippen LogP contribution in [-0.2, 0) is 0 Å². The maximum absolute atomic E-state index is 12.2. The van der Waals surface area contributed by atoms with Crippen LogP contribution in [0.3, 0.4) is 0 Å². The van der Waals surface area contributed by atoms with Crippen LogP contribution in [0.4, 0.5) is 5.82 Å². The van der Waals surface area contributed by atoms with Gasteiger partial charge >= 0.3 is 0 Å². The van der Waals surface area contributed by atoms with Crippen LogP contribution in [0.5, 0.6) is 0 Å². The first kappa shape index (κ1) is 11.9. The van der Waals surface area contributed by atoms with Gasteiger partial charge in [0.1, 0.15) is 5.82 Å². The van der Waals surface area contributed by atoms with E-state index in [1.807, 2.05) is 0 Å². The number of pyridine rings is 1. The fourth-order valence-electron chi connectivity index (χ4n) is 1.96. The number of piperidine rings is 1. The van der Waals surface area contributed by atoms with E-state index in [2.05, 4.69) is 4.98 Å². The van der Waals surface area contributed by atoms with E-state index in [-0.39, 0.29) is 11.7 Å². The van der Waals surface area contributed by atoms with Crippen molar-refractivity contribution in [2.24, 2.45) is 0 Å². The summed E-state index contributed by atoms with van der Waals surface area (Å²) in [6.45, 7) is 2.91. The van der Waals surface area contributed by atoms with Crippen molar-refractivity contribution in [1.82, 2.24) is 9.88 Å². The first-order valence-corrected chi connectivity index (χ1v) is 5.72. The second kappa shape index (κ2) is 4.33. The molecule has 1 saturated heterocycles. The van der Waals surface area contributed by atoms with Crippen molar-refractivity contribution in [1.29, 1.82) is 0 Å². The summed E-state index contributed by atoms with van der Waals surface area (Å²) in [6, 6.07) is 3.38. The number of nitrogens with zero attached hydrogens (tertiary/aromatic N) is 2. The first-order valence-electron chi connectivity index (χ1n) is 5.72. The lowest BCUT2D eigenvalue weighted by Gasteiger charge is -2.35. The Bertz CT molecular complexity index is 422. The molecule has 0 saturated carbocycles. The number of carbonyl (C=O) groups is 1. The lowest BCUT2D eigenvalue weighted by molar-refractivity contribution is -0.00199. The summed E-state index contributed by atoms with van der Waals surface area (Å²) in [7, 11) is 0. The van der Waals surface area contributed by atoms with E-state index in [1.165, 1.54) is 0 Å². The SMILES string of the molecule is CC1(O)CCN(C(=O)c2cccnc2N)CC1. The van der Waals surface area contributed by atoms with Gasteiger partial charge in [-0.05, 0) is 31.9 Å². The molecule has 1 aliphatic heterocycles. The van der Waals surface area contributed by atoms with Crippen molar-refractivity contribution in [3.63, 3.8) is 0 Å². The minimum atomic E-state index is -0.655. The Morgan fingerprint density at radius 3 is 2.76 bits per heavy atom. The molecular weight excluding hydrogens is 218 g/mol. The molecule has 17 heavy (non-hydrogen) atoms. The van der Waals surface area contributed by atoms with Crippen molar-refractivity contribution < 1.29 is 9.90 Å². The Morgan fingerprint density at radius 1 is 1.53 bits per heavy atom. The molecule has 5 nitrogen and oxygen atoms in total. The fraction of sp³-hybridized carbons (Fsp3) is 0.500. The summed E-state index contributed by atoms with van der Waals surface area (Å²) in [5.74, 6) is 0.154. The Hall–Kier alpha value is -1.62. The minimum Gasteiger partial charge on any atom is -0.390 e. The van der Waals surface area contributed by atoms with Crippen LogP contribution in [0, 0.1) is 0 Å². The standard InChI is InChI=1S/C12H17N3O2/c1-12(17)4-7-15(8-5-12)11(16)9-3-2-6-14-10(9)13/h2-3,6,17H,4-5,7-8H2,1H3,(H2,13,14). The first-order chi connectivity index (χ1) is 7.99. The molecule has 2 heterocycles. The van der Waals surface area contributed by atoms with Crippen LogP contribution < -0.4 is 5.73 Å². The minimum absolute atomic E-state index is 0.105. The lowest BCUT2D eigenvalue weighted by atomic mass is 9.93. The molecule has 1 aromatic heterocycles. The van der Waals surface area contributed by atoms with Gasteiger partial charge in [-0.3, -0.25) is 4.79 Å². The summed E-state index contributed by atoms with van der Waals surface area (Å²) in [5.41, 5.74) is 5.46. The van der Waals surface area contributed by atoms with Crippen LogP contribution >= 0.6 is 0 Å². The highest BCUT2D eigenvalue weighted by Crippen LogP contribution is 2.23. The summed E-state index contributed by atoms with van der Waals surface area (Å²) in [4.78, 5) is 17.8. The van der Waals surface area contributed by atoms with Crippen molar-refractivity contribution in [3.8, 4) is 0 Å². The van der Waals surface area contributed by atoms with Crippen molar-refractivity contribution >= 4 is 11.7 Å². The number of likely N-dealkylation sites (tertiary alicyclic amines) is 1. The number of aromatic nitrogens is 1. The number of nitrogens with two attached hydrogens (primary N) is 1. The molecule has 1 aromatic rings. The smallest absolute Gasteiger partial charge is 0.257 e. The number of carbonyl (C=O) groups excluding carboxylic acids is 1. The van der Waals surface area contributed by atoms with Gasteiger partial charge in [0, 0.05) is 19.3 Å². The van der Waals surface area contributed by atoms with Gasteiger partial charge in [0.05, 0.1) is 11.2 Å². The monoisotopic (exact) mass is 235 g/mol. The molecule has 0 radical (unpaired) electrons. The second-order valence-electron chi connectivity index (χ2n) is 4.73. The lowest BCUT2D eigenvalue weighted by Crippen LogP contribution is -2.45. The Balaban J connectivity index is 2.10. The third kappa shape index (κ3) is 2.55. The molecule has 0 spiro atoms. The average Bonchev–Trinajstić information content (AvgIpc) is 2.29. The third-order valence-electron chi connectivity index (χ3n) is 3.20. The maximum atomic E-state index is 12.2. The van der Waals surface area contributed by atoms with Crippen molar-refractivity contribution in [2.45, 2.75) is 25.4 Å². The van der Waals surface area contributed by atoms with E-state index in [0.717, 1.165) is 0 Å². The number of amides is 1. The molecule has 5 heteroatoms. The largest absolute Gasteiger partial charge is 0.390 e. The quantitative estimate of drug-likeness (QED) is 0.749. The molecule has 2 rings (SSSR count). The molecule has 0 atom stereocenters. The molecule has 1 amide bonds. The Kier molecular flexibility index (Phi) is 3.02. The van der Waals surface area contributed by atoms with Gasteiger partial charge in [-0.2, -0.15) is 0 Å². The zero-order valence-electron chi connectivity index (χ0n) is 9.89. The number of anilines is 1. The number of nitrogen functional groups attached to an aromatic ring is 1. The molecule has 0 unspecified atom stereocenters. The summed E-state index contributed by atoms with van der Waals surface area (Å²) in [5, 5.41) is 9.82. The van der Waals surface area contributed by atoms with Crippen LogP contribution in [0.1, 0.15) is 30.1 Å². The molecule has 92 valence electrons. The number of rotatable bonds is 1. The van der Waals surface area contributed by atoms with E-state index in [1.54, 1.807) is 30.2 Å². The molecular formula is C12H17N3O2. The van der Waals surface area contributed by atoms with Gasteiger partial charge in [-0.1, -0.05) is 0 Å². The topological polar surface area (TPSA) is 79.5 Å². The van der Waals surface area contributed by atoms with Crippen LogP contribution in [0.15, 0.2) is 18.3 Å². The highest BCUT2D eigenvalue weighted by molar-refractivity contribution is 5.98. The van der Waals surface area contributed by atoms with E-state index in [9.17, 15) is 9.90 Å². The Labute approximate surface area is 100 Å². The molecule has 1 fully saturated rings. The highest BCUT2D eigenvalue weighted by Gasteiger charge is 2.30. The van der Waals surface area contributed by atoms with E-state index >= 15 is 0 Å². The predicted molar refractivity (Wildman–Crippen MR) is 64.4 cm³/mol. The predicted octanol–water partition coefficient (Wildman–Crippen LogP) is 0.651. The normalized spacial score (nSPS) is 19.1. The number of hydrogen-bond donors (Lipinski definition) is 2. The van der Waals surface area contributed by atoms with Crippen molar-refractivity contribution in [2.75, 3.05) is 18.8 Å². The summed E-state index contributed by atoms with van der Waals surface area (Å²) in [6.07, 6.45) is 2.75. The van der Waals surface area contributed by atoms with E-state index in [4.69, 9.17) is 5.73 Å². The van der Waals surface area contributed by atoms with E-state index < -0.39 is 5.60 Å². The highest BCUT2D eigenvalue weighted by atomic mass is 16.3. The summed E-state index contributed by atoms with van der Waals surface area (Å²) >= 11 is 0. The summed E-state index contributed by atoms with van der Waals surface area (Å²) < 4.78 is 0. The van der Waals surface area contributed by atoms with Gasteiger partial charge in [0.15, 0.2) is 0 Å². The number of hydrogen-bond acceptors (Lipinski definition) is 4. The molecule has 0 bridgehead atoms. The van der Waals surface area contributed by atoms with Gasteiger partial charge in [-0.25, -0.2) is 4.98 Å². The maximum Gasteiger partial charge on any atom is 0.257 e. The van der Waals surface area contributed by atoms with Gasteiger partial charge in [-0.15, -0.1) is 0 Å². The fourth-order valence-corrected chi connectivity index (χ4v) is 1.96. The van der Waals surface area contributed by atoms with Crippen LogP contribution in [0.25, 0.3) is 0 Å². The molecule has 0 aliphatic carbocycles. The zero-order chi connectivity index (χ0) is 12.5. The van der Waals surface area contributed by atoms with Crippen LogP contribution in [0.2, 0.25) is 0 Å². The van der Waals surface area contributed by atoms with Gasteiger partial charge in [0.2, 0.25) is 0 Å². The molecule has 3 N–H and O–H groups in total. The second-order valence-corrected chi connectivity index (χ2v) is 4.73. The third-order valence-corrected chi connectivity index (χ3v) is 3.20. The Morgan fingerprint density at radius 2 is 2.18 bits per heavy atom. The molecule has 0 aromatic carbocycles. The van der Waals surface area contributed by atoms with Gasteiger partial charge < -0.3 is 15.7 Å². The van der Waals surface area contributed by atoms with Gasteiger partial charge in [0.25, 0.3) is 5.91 Å². The van der Waals surface area contributed by atoms with E-state index in [0.29, 0.717) is 31.5 Å². The van der Waals surface area contributed by atoms with Crippen molar-refractivity contribution in [3.05, 3.63) is 23.9 Å². The average molecular weight is 235 g/mol.